The highest BCUT2D eigenvalue weighted by Crippen LogP contribution is 2.34. The summed E-state index contributed by atoms with van der Waals surface area (Å²) in [6.07, 6.45) is -3.38. The van der Waals surface area contributed by atoms with E-state index in [0.717, 1.165) is 10.5 Å². The highest BCUT2D eigenvalue weighted by atomic mass is 19.4. The monoisotopic (exact) mass is 287 g/mol. The smallest absolute Gasteiger partial charge is 0.397 e. The van der Waals surface area contributed by atoms with Crippen molar-refractivity contribution in [2.75, 3.05) is 29.0 Å². The van der Waals surface area contributed by atoms with Crippen molar-refractivity contribution in [1.29, 1.82) is 0 Å². The van der Waals surface area contributed by atoms with Gasteiger partial charge in [0.1, 0.15) is 6.54 Å². The molecule has 0 radical (unpaired) electrons. The summed E-state index contributed by atoms with van der Waals surface area (Å²) < 4.78 is 37.7. The minimum Gasteiger partial charge on any atom is -0.397 e. The first kappa shape index (κ1) is 14.5. The highest BCUT2D eigenvalue weighted by Gasteiger charge is 2.31. The van der Waals surface area contributed by atoms with Crippen LogP contribution in [0.25, 0.3) is 0 Å². The maximum Gasteiger partial charge on any atom is 0.405 e. The van der Waals surface area contributed by atoms with Gasteiger partial charge in [-0.15, -0.1) is 0 Å². The number of nitrogens with one attached hydrogen (secondary N) is 1. The van der Waals surface area contributed by atoms with Crippen molar-refractivity contribution in [1.82, 2.24) is 0 Å². The Morgan fingerprint density at radius 2 is 2.05 bits per heavy atom. The summed E-state index contributed by atoms with van der Waals surface area (Å²) in [5.74, 6) is -0.132. The predicted octanol–water partition coefficient (Wildman–Crippen LogP) is 2.54. The molecule has 1 aromatic carbocycles. The molecular weight excluding hydrogens is 271 g/mol. The van der Waals surface area contributed by atoms with E-state index in [1.165, 1.54) is 6.07 Å². The van der Waals surface area contributed by atoms with Gasteiger partial charge in [0, 0.05) is 18.7 Å². The number of halogens is 3. The van der Waals surface area contributed by atoms with Gasteiger partial charge < -0.3 is 16.0 Å². The van der Waals surface area contributed by atoms with Gasteiger partial charge in [0.05, 0.1) is 11.4 Å². The molecule has 0 unspecified atom stereocenters. The van der Waals surface area contributed by atoms with E-state index in [2.05, 4.69) is 5.32 Å². The van der Waals surface area contributed by atoms with E-state index in [9.17, 15) is 18.0 Å². The normalized spacial score (nSPS) is 14.7. The first-order chi connectivity index (χ1) is 9.30. The van der Waals surface area contributed by atoms with Crippen LogP contribution in [0.5, 0.6) is 0 Å². The maximum absolute atomic E-state index is 12.6. The zero-order valence-corrected chi connectivity index (χ0v) is 11.0. The third-order valence-electron chi connectivity index (χ3n) is 3.24. The summed E-state index contributed by atoms with van der Waals surface area (Å²) in [5, 5.41) is 2.67. The number of amides is 1. The van der Waals surface area contributed by atoms with Gasteiger partial charge in [-0.3, -0.25) is 4.79 Å². The molecule has 0 spiro atoms. The molecule has 0 atom stereocenters. The fraction of sp³-hybridized carbons (Fsp3) is 0.462. The average Bonchev–Trinajstić information content (AvgIpc) is 2.35. The van der Waals surface area contributed by atoms with Gasteiger partial charge in [0.2, 0.25) is 5.91 Å². The second-order valence-electron chi connectivity index (χ2n) is 4.75. The number of aryl methyl sites for hydroxylation is 1. The predicted molar refractivity (Wildman–Crippen MR) is 71.7 cm³/mol. The zero-order chi connectivity index (χ0) is 14.9. The molecule has 1 aliphatic heterocycles. The lowest BCUT2D eigenvalue weighted by molar-refractivity contribution is -0.119. The molecule has 1 amide bonds. The van der Waals surface area contributed by atoms with Crippen LogP contribution in [0.3, 0.4) is 0 Å². The SMILES string of the molecule is CCN(CC(F)(F)F)c1cc2c(cc1N)CCC(=O)N2. The molecule has 20 heavy (non-hydrogen) atoms. The lowest BCUT2D eigenvalue weighted by Crippen LogP contribution is -2.34. The lowest BCUT2D eigenvalue weighted by atomic mass is 10.0. The number of anilines is 3. The number of hydrogen-bond acceptors (Lipinski definition) is 3. The molecule has 1 heterocycles. The number of rotatable bonds is 3. The van der Waals surface area contributed by atoms with Gasteiger partial charge in [-0.25, -0.2) is 0 Å². The molecule has 0 fully saturated rings. The fourth-order valence-corrected chi connectivity index (χ4v) is 2.29. The third kappa shape index (κ3) is 3.15. The molecule has 1 aliphatic rings. The Kier molecular flexibility index (Phi) is 3.78. The van der Waals surface area contributed by atoms with E-state index in [1.54, 1.807) is 13.0 Å². The molecule has 0 saturated heterocycles. The number of carbonyl (C=O) groups excluding carboxylic acids is 1. The van der Waals surface area contributed by atoms with Crippen LogP contribution in [0.2, 0.25) is 0 Å². The number of nitrogens with two attached hydrogens (primary N) is 1. The van der Waals surface area contributed by atoms with E-state index in [4.69, 9.17) is 5.73 Å². The highest BCUT2D eigenvalue weighted by molar-refractivity contribution is 5.95. The van der Waals surface area contributed by atoms with Crippen LogP contribution >= 0.6 is 0 Å². The summed E-state index contributed by atoms with van der Waals surface area (Å²) in [6, 6.07) is 3.17. The van der Waals surface area contributed by atoms with Crippen LogP contribution in [0, 0.1) is 0 Å². The summed E-state index contributed by atoms with van der Waals surface area (Å²) in [5.41, 5.74) is 7.85. The molecule has 110 valence electrons. The van der Waals surface area contributed by atoms with Crippen molar-refractivity contribution in [2.24, 2.45) is 0 Å². The van der Waals surface area contributed by atoms with Crippen LogP contribution in [0.15, 0.2) is 12.1 Å². The Labute approximate surface area is 114 Å². The number of fused-ring (bicyclic) bond motifs is 1. The van der Waals surface area contributed by atoms with E-state index >= 15 is 0 Å². The fourth-order valence-electron chi connectivity index (χ4n) is 2.29. The van der Waals surface area contributed by atoms with Gasteiger partial charge in [-0.05, 0) is 31.0 Å². The molecule has 0 aliphatic carbocycles. The second-order valence-corrected chi connectivity index (χ2v) is 4.75. The van der Waals surface area contributed by atoms with E-state index < -0.39 is 12.7 Å². The Morgan fingerprint density at radius 3 is 2.65 bits per heavy atom. The molecule has 0 bridgehead atoms. The molecular formula is C13H16F3N3O. The molecule has 0 aromatic heterocycles. The van der Waals surface area contributed by atoms with Crippen molar-refractivity contribution < 1.29 is 18.0 Å². The number of carbonyl (C=O) groups is 1. The molecule has 1 aromatic rings. The van der Waals surface area contributed by atoms with Crippen LogP contribution < -0.4 is 16.0 Å². The van der Waals surface area contributed by atoms with Gasteiger partial charge >= 0.3 is 6.18 Å². The van der Waals surface area contributed by atoms with Gasteiger partial charge in [0.15, 0.2) is 0 Å². The van der Waals surface area contributed by atoms with Crippen molar-refractivity contribution in [2.45, 2.75) is 25.9 Å². The zero-order valence-electron chi connectivity index (χ0n) is 11.0. The minimum atomic E-state index is -4.30. The first-order valence-electron chi connectivity index (χ1n) is 6.34. The summed E-state index contributed by atoms with van der Waals surface area (Å²) in [7, 11) is 0. The van der Waals surface area contributed by atoms with Crippen LogP contribution in [0.4, 0.5) is 30.2 Å². The summed E-state index contributed by atoms with van der Waals surface area (Å²) >= 11 is 0. The number of nitrogens with zero attached hydrogens (tertiary/aromatic N) is 1. The van der Waals surface area contributed by atoms with Crippen LogP contribution in [-0.4, -0.2) is 25.2 Å². The molecule has 4 nitrogen and oxygen atoms in total. The van der Waals surface area contributed by atoms with E-state index in [0.29, 0.717) is 29.9 Å². The lowest BCUT2D eigenvalue weighted by Gasteiger charge is -2.28. The van der Waals surface area contributed by atoms with Crippen molar-refractivity contribution in [3.05, 3.63) is 17.7 Å². The Hall–Kier alpha value is -1.92. The van der Waals surface area contributed by atoms with Crippen molar-refractivity contribution >= 4 is 23.0 Å². The molecule has 2 rings (SSSR count). The van der Waals surface area contributed by atoms with Crippen molar-refractivity contribution in [3.63, 3.8) is 0 Å². The first-order valence-corrected chi connectivity index (χ1v) is 6.34. The van der Waals surface area contributed by atoms with E-state index in [1.807, 2.05) is 0 Å². The molecule has 3 N–H and O–H groups in total. The van der Waals surface area contributed by atoms with Gasteiger partial charge in [0.25, 0.3) is 0 Å². The third-order valence-corrected chi connectivity index (χ3v) is 3.24. The summed E-state index contributed by atoms with van der Waals surface area (Å²) in [6.45, 7) is 0.736. The standard InChI is InChI=1S/C13H16F3N3O/c1-2-19(7-13(14,15)16)11-6-10-8(5-9(11)17)3-4-12(20)18-10/h5-6H,2-4,7,17H2,1H3,(H,18,20). The number of alkyl halides is 3. The Morgan fingerprint density at radius 1 is 1.35 bits per heavy atom. The van der Waals surface area contributed by atoms with E-state index in [-0.39, 0.29) is 12.5 Å². The number of hydrogen-bond donors (Lipinski definition) is 2. The van der Waals surface area contributed by atoms with Gasteiger partial charge in [-0.1, -0.05) is 0 Å². The summed E-state index contributed by atoms with van der Waals surface area (Å²) in [4.78, 5) is 12.5. The van der Waals surface area contributed by atoms with Crippen LogP contribution in [0.1, 0.15) is 18.9 Å². The second kappa shape index (κ2) is 5.22. The van der Waals surface area contributed by atoms with Crippen molar-refractivity contribution in [3.8, 4) is 0 Å². The topological polar surface area (TPSA) is 58.4 Å². The Bertz CT molecular complexity index is 528. The van der Waals surface area contributed by atoms with Gasteiger partial charge in [-0.2, -0.15) is 13.2 Å². The number of benzene rings is 1. The molecule has 7 heteroatoms. The minimum absolute atomic E-state index is 0.132. The average molecular weight is 287 g/mol. The number of nitrogen functional groups attached to an aromatic ring is 1. The van der Waals surface area contributed by atoms with Crippen LogP contribution in [-0.2, 0) is 11.2 Å². The maximum atomic E-state index is 12.6. The Balaban J connectivity index is 2.35. The largest absolute Gasteiger partial charge is 0.405 e. The molecule has 0 saturated carbocycles. The quantitative estimate of drug-likeness (QED) is 0.840.